The Morgan fingerprint density at radius 3 is 2.05 bits per heavy atom. The largest absolute Gasteiger partial charge is 0.506 e. The van der Waals surface area contributed by atoms with Crippen molar-refractivity contribution in [3.05, 3.63) is 51.4 Å². The highest BCUT2D eigenvalue weighted by molar-refractivity contribution is 9.11. The summed E-state index contributed by atoms with van der Waals surface area (Å²) in [7, 11) is 0. The van der Waals surface area contributed by atoms with E-state index in [9.17, 15) is 5.11 Å². The second-order valence-corrected chi connectivity index (χ2v) is 5.85. The lowest BCUT2D eigenvalue weighted by molar-refractivity contribution is 0.468. The van der Waals surface area contributed by atoms with E-state index in [-0.39, 0.29) is 5.75 Å². The van der Waals surface area contributed by atoms with Crippen molar-refractivity contribution < 1.29 is 5.11 Å². The smallest absolute Gasteiger partial charge is 0.175 e. The van der Waals surface area contributed by atoms with Crippen LogP contribution in [-0.2, 0) is 0 Å². The van der Waals surface area contributed by atoms with Gasteiger partial charge in [0.1, 0.15) is 5.75 Å². The first kappa shape index (κ1) is 14.3. The number of anilines is 2. The number of rotatable bonds is 2. The van der Waals surface area contributed by atoms with Crippen molar-refractivity contribution >= 4 is 60.6 Å². The third-order valence-electron chi connectivity index (χ3n) is 2.31. The molecule has 3 N–H and O–H groups in total. The van der Waals surface area contributed by atoms with Gasteiger partial charge < -0.3 is 15.7 Å². The Morgan fingerprint density at radius 2 is 1.47 bits per heavy atom. The molecule has 0 fully saturated rings. The van der Waals surface area contributed by atoms with Gasteiger partial charge in [-0.25, -0.2) is 0 Å². The number of hydrogen-bond donors (Lipinski definition) is 3. The second kappa shape index (κ2) is 6.36. The minimum Gasteiger partial charge on any atom is -0.506 e. The Hall–Kier alpha value is -1.11. The summed E-state index contributed by atoms with van der Waals surface area (Å²) in [5.74, 6) is 0.160. The Kier molecular flexibility index (Phi) is 4.79. The lowest BCUT2D eigenvalue weighted by atomic mass is 10.3. The molecule has 19 heavy (non-hydrogen) atoms. The Morgan fingerprint density at radius 1 is 0.947 bits per heavy atom. The van der Waals surface area contributed by atoms with Crippen LogP contribution < -0.4 is 10.6 Å². The number of hydrogen-bond acceptors (Lipinski definition) is 2. The zero-order valence-electron chi connectivity index (χ0n) is 9.65. The maximum absolute atomic E-state index is 9.63. The molecular formula is C13H10Br2N2OS. The van der Waals surface area contributed by atoms with E-state index in [4.69, 9.17) is 12.2 Å². The fourth-order valence-electron chi connectivity index (χ4n) is 1.45. The van der Waals surface area contributed by atoms with Crippen LogP contribution in [0.15, 0.2) is 51.4 Å². The molecule has 0 amide bonds. The Labute approximate surface area is 133 Å². The predicted octanol–water partition coefficient (Wildman–Crippen LogP) is 4.73. The van der Waals surface area contributed by atoms with Gasteiger partial charge in [-0.05, 0) is 68.3 Å². The van der Waals surface area contributed by atoms with E-state index in [2.05, 4.69) is 42.5 Å². The fourth-order valence-corrected chi connectivity index (χ4v) is 2.87. The summed E-state index contributed by atoms with van der Waals surface area (Å²) in [4.78, 5) is 0. The van der Waals surface area contributed by atoms with Crippen LogP contribution in [0.4, 0.5) is 11.4 Å². The number of nitrogens with one attached hydrogen (secondary N) is 2. The number of aromatic hydroxyl groups is 1. The summed E-state index contributed by atoms with van der Waals surface area (Å²) in [6, 6.07) is 13.2. The highest BCUT2D eigenvalue weighted by atomic mass is 79.9. The van der Waals surface area contributed by atoms with Crippen molar-refractivity contribution in [3.63, 3.8) is 0 Å². The topological polar surface area (TPSA) is 44.3 Å². The molecule has 0 heterocycles. The summed E-state index contributed by atoms with van der Waals surface area (Å²) in [5, 5.41) is 16.2. The molecule has 2 aromatic rings. The summed E-state index contributed by atoms with van der Waals surface area (Å²) >= 11 is 11.8. The van der Waals surface area contributed by atoms with Gasteiger partial charge in [-0.3, -0.25) is 0 Å². The number of benzene rings is 2. The third-order valence-corrected chi connectivity index (χ3v) is 3.72. The van der Waals surface area contributed by atoms with Crippen LogP contribution in [0.1, 0.15) is 0 Å². The van der Waals surface area contributed by atoms with E-state index in [1.807, 2.05) is 30.3 Å². The minimum atomic E-state index is 0.160. The van der Waals surface area contributed by atoms with Crippen LogP contribution in [0, 0.1) is 0 Å². The Balaban J connectivity index is 2.07. The van der Waals surface area contributed by atoms with Crippen LogP contribution in [-0.4, -0.2) is 10.2 Å². The normalized spacial score (nSPS) is 10.0. The summed E-state index contributed by atoms with van der Waals surface area (Å²) < 4.78 is 1.18. The molecule has 2 rings (SSSR count). The van der Waals surface area contributed by atoms with Gasteiger partial charge in [0.05, 0.1) is 8.95 Å². The van der Waals surface area contributed by atoms with Crippen molar-refractivity contribution in [2.45, 2.75) is 0 Å². The third kappa shape index (κ3) is 3.92. The summed E-state index contributed by atoms with van der Waals surface area (Å²) in [5.41, 5.74) is 1.68. The first-order valence-electron chi connectivity index (χ1n) is 5.37. The molecule has 3 nitrogen and oxygen atoms in total. The zero-order valence-corrected chi connectivity index (χ0v) is 13.6. The molecule has 0 aliphatic carbocycles. The van der Waals surface area contributed by atoms with E-state index in [1.54, 1.807) is 12.1 Å². The van der Waals surface area contributed by atoms with Crippen LogP contribution in [0.5, 0.6) is 5.75 Å². The second-order valence-electron chi connectivity index (χ2n) is 3.73. The molecule has 6 heteroatoms. The molecule has 0 spiro atoms. The number of phenolic OH excluding ortho intramolecular Hbond substituents is 1. The maximum Gasteiger partial charge on any atom is 0.175 e. The fraction of sp³-hybridized carbons (Fsp3) is 0. The number of halogens is 2. The molecule has 0 aromatic heterocycles. The SMILES string of the molecule is Oc1c(Br)cc(NC(=S)Nc2ccccc2)cc1Br. The van der Waals surface area contributed by atoms with E-state index < -0.39 is 0 Å². The van der Waals surface area contributed by atoms with Gasteiger partial charge in [0.2, 0.25) is 0 Å². The van der Waals surface area contributed by atoms with Gasteiger partial charge in [-0.2, -0.15) is 0 Å². The molecule has 0 aliphatic rings. The molecule has 2 aromatic carbocycles. The van der Waals surface area contributed by atoms with Crippen LogP contribution in [0.2, 0.25) is 0 Å². The van der Waals surface area contributed by atoms with Gasteiger partial charge >= 0.3 is 0 Å². The van der Waals surface area contributed by atoms with Gasteiger partial charge in [-0.15, -0.1) is 0 Å². The van der Waals surface area contributed by atoms with Crippen molar-refractivity contribution in [1.82, 2.24) is 0 Å². The van der Waals surface area contributed by atoms with E-state index in [1.165, 1.54) is 0 Å². The lowest BCUT2D eigenvalue weighted by Crippen LogP contribution is -2.18. The zero-order chi connectivity index (χ0) is 13.8. The minimum absolute atomic E-state index is 0.160. The van der Waals surface area contributed by atoms with E-state index >= 15 is 0 Å². The lowest BCUT2D eigenvalue weighted by Gasteiger charge is -2.12. The molecule has 0 bridgehead atoms. The molecule has 0 unspecified atom stereocenters. The Bertz CT molecular complexity index is 582. The van der Waals surface area contributed by atoms with Gasteiger partial charge in [0.25, 0.3) is 0 Å². The first-order chi connectivity index (χ1) is 9.06. The molecule has 0 atom stereocenters. The number of thiocarbonyl (C=S) groups is 1. The highest BCUT2D eigenvalue weighted by Crippen LogP contribution is 2.35. The number of phenols is 1. The molecule has 0 radical (unpaired) electrons. The molecule has 0 saturated carbocycles. The average Bonchev–Trinajstić information content (AvgIpc) is 2.37. The van der Waals surface area contributed by atoms with Crippen LogP contribution in [0.25, 0.3) is 0 Å². The van der Waals surface area contributed by atoms with Crippen molar-refractivity contribution in [3.8, 4) is 5.75 Å². The van der Waals surface area contributed by atoms with Gasteiger partial charge in [-0.1, -0.05) is 18.2 Å². The highest BCUT2D eigenvalue weighted by Gasteiger charge is 2.07. The van der Waals surface area contributed by atoms with Crippen molar-refractivity contribution in [2.75, 3.05) is 10.6 Å². The molecule has 0 saturated heterocycles. The summed E-state index contributed by atoms with van der Waals surface area (Å²) in [6.45, 7) is 0. The molecule has 0 aliphatic heterocycles. The van der Waals surface area contributed by atoms with Gasteiger partial charge in [0, 0.05) is 11.4 Å². The predicted molar refractivity (Wildman–Crippen MR) is 89.8 cm³/mol. The summed E-state index contributed by atoms with van der Waals surface area (Å²) in [6.07, 6.45) is 0. The van der Waals surface area contributed by atoms with E-state index in [0.29, 0.717) is 14.1 Å². The van der Waals surface area contributed by atoms with E-state index in [0.717, 1.165) is 11.4 Å². The van der Waals surface area contributed by atoms with Crippen molar-refractivity contribution in [1.29, 1.82) is 0 Å². The first-order valence-corrected chi connectivity index (χ1v) is 7.37. The number of para-hydroxylation sites is 1. The van der Waals surface area contributed by atoms with Crippen LogP contribution >= 0.6 is 44.1 Å². The van der Waals surface area contributed by atoms with Crippen LogP contribution in [0.3, 0.4) is 0 Å². The molecule has 98 valence electrons. The van der Waals surface area contributed by atoms with Gasteiger partial charge in [0.15, 0.2) is 5.11 Å². The quantitative estimate of drug-likeness (QED) is 0.503. The maximum atomic E-state index is 9.63. The monoisotopic (exact) mass is 400 g/mol. The van der Waals surface area contributed by atoms with Crippen molar-refractivity contribution in [2.24, 2.45) is 0 Å². The average molecular weight is 402 g/mol. The molecular weight excluding hydrogens is 392 g/mol. The standard InChI is InChI=1S/C13H10Br2N2OS/c14-10-6-9(7-11(15)12(10)18)17-13(19)16-8-4-2-1-3-5-8/h1-7,18H,(H2,16,17,19).